The molecule has 18 heavy (non-hydrogen) atoms. The lowest BCUT2D eigenvalue weighted by atomic mass is 9.95. The maximum Gasteiger partial charge on any atom is 0.329 e. The van der Waals surface area contributed by atoms with Crippen molar-refractivity contribution in [3.8, 4) is 0 Å². The van der Waals surface area contributed by atoms with Gasteiger partial charge in [-0.05, 0) is 25.7 Å². The van der Waals surface area contributed by atoms with Gasteiger partial charge in [-0.15, -0.1) is 0 Å². The molecule has 2 aliphatic rings. The highest BCUT2D eigenvalue weighted by atomic mass is 16.4. The first-order valence-electron chi connectivity index (χ1n) is 5.99. The second-order valence-corrected chi connectivity index (χ2v) is 5.01. The molecule has 2 unspecified atom stereocenters. The summed E-state index contributed by atoms with van der Waals surface area (Å²) in [6, 6.07) is -0.569. The molecule has 2 fully saturated rings. The van der Waals surface area contributed by atoms with Gasteiger partial charge in [-0.2, -0.15) is 0 Å². The van der Waals surface area contributed by atoms with Gasteiger partial charge in [0.15, 0.2) is 0 Å². The van der Waals surface area contributed by atoms with Crippen molar-refractivity contribution in [3.05, 3.63) is 0 Å². The quantitative estimate of drug-likeness (QED) is 0.486. The van der Waals surface area contributed by atoms with E-state index in [-0.39, 0.29) is 30.8 Å². The predicted molar refractivity (Wildman–Crippen MR) is 61.7 cm³/mol. The summed E-state index contributed by atoms with van der Waals surface area (Å²) in [6.07, 6.45) is 1.63. The molecule has 1 aliphatic carbocycles. The minimum atomic E-state index is -1.21. The van der Waals surface area contributed by atoms with Gasteiger partial charge in [0.05, 0.1) is 6.54 Å². The van der Waals surface area contributed by atoms with Gasteiger partial charge < -0.3 is 15.7 Å². The van der Waals surface area contributed by atoms with Crippen LogP contribution in [0, 0.1) is 5.92 Å². The Labute approximate surface area is 104 Å². The van der Waals surface area contributed by atoms with E-state index >= 15 is 0 Å². The topological polar surface area (TPSA) is 108 Å². The minimum absolute atomic E-state index is 0.00266. The van der Waals surface area contributed by atoms with Gasteiger partial charge in [0.25, 0.3) is 0 Å². The van der Waals surface area contributed by atoms with Crippen molar-refractivity contribution < 1.29 is 19.5 Å². The van der Waals surface area contributed by atoms with Crippen LogP contribution in [0.15, 0.2) is 0 Å². The normalized spacial score (nSPS) is 26.9. The molecule has 100 valence electrons. The lowest BCUT2D eigenvalue weighted by Gasteiger charge is -2.30. The van der Waals surface area contributed by atoms with Crippen LogP contribution in [0.5, 0.6) is 0 Å². The highest BCUT2D eigenvalue weighted by Crippen LogP contribution is 2.39. The molecule has 2 amide bonds. The molecule has 7 heteroatoms. The standard InChI is InChI=1S/C11H17N3O4/c1-11(10(17)18,6-2-3-6)14-9(16)7-4-13-8(15)5-12-7/h6-7,12H,2-5H2,1H3,(H,13,15)(H,14,16)(H,17,18). The third kappa shape index (κ3) is 2.45. The molecular weight excluding hydrogens is 238 g/mol. The van der Waals surface area contributed by atoms with Crippen LogP contribution in [0.25, 0.3) is 0 Å². The van der Waals surface area contributed by atoms with E-state index in [0.717, 1.165) is 12.8 Å². The number of carbonyl (C=O) groups excluding carboxylic acids is 2. The molecule has 1 saturated heterocycles. The van der Waals surface area contributed by atoms with E-state index in [1.165, 1.54) is 6.92 Å². The first kappa shape index (κ1) is 12.8. The van der Waals surface area contributed by atoms with E-state index in [0.29, 0.717) is 0 Å². The number of carboxylic acids is 1. The van der Waals surface area contributed by atoms with Crippen molar-refractivity contribution in [2.75, 3.05) is 13.1 Å². The summed E-state index contributed by atoms with van der Waals surface area (Å²) < 4.78 is 0. The van der Waals surface area contributed by atoms with Crippen LogP contribution in [-0.2, 0) is 14.4 Å². The van der Waals surface area contributed by atoms with Gasteiger partial charge in [0.1, 0.15) is 11.6 Å². The monoisotopic (exact) mass is 255 g/mol. The van der Waals surface area contributed by atoms with Gasteiger partial charge in [-0.3, -0.25) is 14.9 Å². The fraction of sp³-hybridized carbons (Fsp3) is 0.727. The molecule has 1 saturated carbocycles. The zero-order valence-electron chi connectivity index (χ0n) is 10.2. The lowest BCUT2D eigenvalue weighted by molar-refractivity contribution is -0.148. The highest BCUT2D eigenvalue weighted by Gasteiger charge is 2.49. The Bertz CT molecular complexity index is 384. The van der Waals surface area contributed by atoms with Crippen molar-refractivity contribution >= 4 is 17.8 Å². The molecule has 2 rings (SSSR count). The Balaban J connectivity index is 1.97. The average Bonchev–Trinajstić information content (AvgIpc) is 3.13. The Morgan fingerprint density at radius 1 is 1.44 bits per heavy atom. The largest absolute Gasteiger partial charge is 0.480 e. The molecule has 2 atom stereocenters. The number of aliphatic carboxylic acids is 1. The number of carbonyl (C=O) groups is 3. The molecule has 0 aromatic rings. The third-order valence-corrected chi connectivity index (χ3v) is 3.55. The fourth-order valence-corrected chi connectivity index (χ4v) is 2.09. The molecule has 0 aromatic carbocycles. The summed E-state index contributed by atoms with van der Waals surface area (Å²) in [7, 11) is 0. The van der Waals surface area contributed by atoms with Crippen LogP contribution in [0.2, 0.25) is 0 Å². The van der Waals surface area contributed by atoms with E-state index in [4.69, 9.17) is 0 Å². The first-order chi connectivity index (χ1) is 8.43. The molecule has 0 spiro atoms. The minimum Gasteiger partial charge on any atom is -0.480 e. The number of nitrogens with one attached hydrogen (secondary N) is 3. The first-order valence-corrected chi connectivity index (χ1v) is 5.99. The Kier molecular flexibility index (Phi) is 3.25. The fourth-order valence-electron chi connectivity index (χ4n) is 2.09. The van der Waals surface area contributed by atoms with Gasteiger partial charge in [-0.25, -0.2) is 4.79 Å². The number of rotatable bonds is 4. The van der Waals surface area contributed by atoms with Crippen LogP contribution in [-0.4, -0.2) is 47.6 Å². The van der Waals surface area contributed by atoms with Gasteiger partial charge >= 0.3 is 5.97 Å². The molecular formula is C11H17N3O4. The summed E-state index contributed by atoms with van der Waals surface area (Å²) in [4.78, 5) is 34.2. The third-order valence-electron chi connectivity index (χ3n) is 3.55. The summed E-state index contributed by atoms with van der Waals surface area (Å²) in [6.45, 7) is 1.79. The number of carboxylic acid groups (broad SMARTS) is 1. The maximum absolute atomic E-state index is 12.0. The van der Waals surface area contributed by atoms with Crippen LogP contribution in [0.1, 0.15) is 19.8 Å². The Morgan fingerprint density at radius 3 is 2.56 bits per heavy atom. The molecule has 1 heterocycles. The number of piperazine rings is 1. The smallest absolute Gasteiger partial charge is 0.329 e. The van der Waals surface area contributed by atoms with Crippen molar-refractivity contribution in [3.63, 3.8) is 0 Å². The number of hydrogen-bond acceptors (Lipinski definition) is 4. The van der Waals surface area contributed by atoms with Crippen molar-refractivity contribution in [1.29, 1.82) is 0 Å². The molecule has 4 N–H and O–H groups in total. The van der Waals surface area contributed by atoms with Crippen molar-refractivity contribution in [2.24, 2.45) is 5.92 Å². The van der Waals surface area contributed by atoms with Gasteiger partial charge in [-0.1, -0.05) is 0 Å². The van der Waals surface area contributed by atoms with E-state index in [1.54, 1.807) is 0 Å². The van der Waals surface area contributed by atoms with Crippen LogP contribution < -0.4 is 16.0 Å². The van der Waals surface area contributed by atoms with Crippen molar-refractivity contribution in [1.82, 2.24) is 16.0 Å². The Morgan fingerprint density at radius 2 is 2.11 bits per heavy atom. The van der Waals surface area contributed by atoms with Crippen molar-refractivity contribution in [2.45, 2.75) is 31.3 Å². The van der Waals surface area contributed by atoms with Gasteiger partial charge in [0, 0.05) is 6.54 Å². The van der Waals surface area contributed by atoms with Crippen LogP contribution in [0.3, 0.4) is 0 Å². The number of hydrogen-bond donors (Lipinski definition) is 4. The predicted octanol–water partition coefficient (Wildman–Crippen LogP) is -1.56. The molecule has 0 aromatic heterocycles. The van der Waals surface area contributed by atoms with E-state index in [9.17, 15) is 19.5 Å². The van der Waals surface area contributed by atoms with Gasteiger partial charge in [0.2, 0.25) is 11.8 Å². The lowest BCUT2D eigenvalue weighted by Crippen LogP contribution is -2.63. The maximum atomic E-state index is 12.0. The Hall–Kier alpha value is -1.63. The molecule has 7 nitrogen and oxygen atoms in total. The SMILES string of the molecule is CC(NC(=O)C1CNC(=O)CN1)(C(=O)O)C1CC1. The van der Waals surface area contributed by atoms with Crippen LogP contribution in [0.4, 0.5) is 0 Å². The van der Waals surface area contributed by atoms with E-state index in [1.807, 2.05) is 0 Å². The second kappa shape index (κ2) is 4.56. The summed E-state index contributed by atoms with van der Waals surface area (Å²) in [5.41, 5.74) is -1.21. The average molecular weight is 255 g/mol. The molecule has 1 aliphatic heterocycles. The highest BCUT2D eigenvalue weighted by molar-refractivity contribution is 5.91. The summed E-state index contributed by atoms with van der Waals surface area (Å²) in [5.74, 6) is -1.57. The van der Waals surface area contributed by atoms with Crippen LogP contribution >= 0.6 is 0 Å². The zero-order chi connectivity index (χ0) is 13.3. The second-order valence-electron chi connectivity index (χ2n) is 5.01. The number of amides is 2. The van der Waals surface area contributed by atoms with E-state index in [2.05, 4.69) is 16.0 Å². The summed E-state index contributed by atoms with van der Waals surface area (Å²) >= 11 is 0. The molecule has 0 bridgehead atoms. The van der Waals surface area contributed by atoms with E-state index < -0.39 is 17.6 Å². The zero-order valence-corrected chi connectivity index (χ0v) is 10.2. The summed E-state index contributed by atoms with van der Waals surface area (Å²) in [5, 5.41) is 17.2. The molecule has 0 radical (unpaired) electrons.